The Hall–Kier alpha value is -1.10. The summed E-state index contributed by atoms with van der Waals surface area (Å²) >= 11 is 2.32. The summed E-state index contributed by atoms with van der Waals surface area (Å²) < 4.78 is 1.26. The predicted octanol–water partition coefficient (Wildman–Crippen LogP) is 3.61. The fourth-order valence-corrected chi connectivity index (χ4v) is 2.16. The zero-order chi connectivity index (χ0) is 11.4. The molecule has 0 saturated heterocycles. The number of nitrogens with one attached hydrogen (secondary N) is 1. The van der Waals surface area contributed by atoms with Gasteiger partial charge in [0.2, 0.25) is 0 Å². The molecule has 82 valence electrons. The number of nitrogens with zero attached hydrogens (tertiary/aromatic N) is 1. The Balaban J connectivity index is 2.05. The number of anilines is 1. The summed E-state index contributed by atoms with van der Waals surface area (Å²) in [6.07, 6.45) is 1.82. The maximum Gasteiger partial charge on any atom is 0.0594 e. The molecule has 2 aromatic rings. The molecule has 0 atom stereocenters. The minimum Gasteiger partial charge on any atom is -0.379 e. The molecule has 0 amide bonds. The first-order chi connectivity index (χ1) is 7.75. The average molecular weight is 324 g/mol. The Morgan fingerprint density at radius 1 is 1.25 bits per heavy atom. The smallest absolute Gasteiger partial charge is 0.0594 e. The van der Waals surface area contributed by atoms with Crippen LogP contribution in [0, 0.1) is 10.5 Å². The van der Waals surface area contributed by atoms with E-state index in [9.17, 15) is 0 Å². The number of pyridine rings is 1. The number of aryl methyl sites for hydroxylation is 1. The SMILES string of the molecule is Cc1cc(I)ccc1NCc1ccccn1. The van der Waals surface area contributed by atoms with E-state index >= 15 is 0 Å². The number of benzene rings is 1. The van der Waals surface area contributed by atoms with Crippen LogP contribution in [0.25, 0.3) is 0 Å². The van der Waals surface area contributed by atoms with Gasteiger partial charge in [-0.15, -0.1) is 0 Å². The zero-order valence-electron chi connectivity index (χ0n) is 9.07. The minimum atomic E-state index is 0.766. The van der Waals surface area contributed by atoms with Crippen LogP contribution in [0.5, 0.6) is 0 Å². The molecule has 0 spiro atoms. The predicted molar refractivity (Wildman–Crippen MR) is 75.5 cm³/mol. The molecule has 0 aliphatic carbocycles. The molecular weight excluding hydrogens is 311 g/mol. The highest BCUT2D eigenvalue weighted by molar-refractivity contribution is 14.1. The highest BCUT2D eigenvalue weighted by atomic mass is 127. The molecule has 0 bridgehead atoms. The Labute approximate surface area is 109 Å². The van der Waals surface area contributed by atoms with Crippen LogP contribution in [0.15, 0.2) is 42.6 Å². The summed E-state index contributed by atoms with van der Waals surface area (Å²) in [6.45, 7) is 2.88. The van der Waals surface area contributed by atoms with E-state index in [2.05, 4.69) is 58.0 Å². The van der Waals surface area contributed by atoms with Gasteiger partial charge in [-0.1, -0.05) is 6.07 Å². The Morgan fingerprint density at radius 3 is 2.81 bits per heavy atom. The summed E-state index contributed by atoms with van der Waals surface area (Å²) in [6, 6.07) is 12.3. The third-order valence-electron chi connectivity index (χ3n) is 2.37. The first-order valence-corrected chi connectivity index (χ1v) is 6.23. The van der Waals surface area contributed by atoms with E-state index < -0.39 is 0 Å². The summed E-state index contributed by atoms with van der Waals surface area (Å²) in [7, 11) is 0. The van der Waals surface area contributed by atoms with E-state index in [-0.39, 0.29) is 0 Å². The summed E-state index contributed by atoms with van der Waals surface area (Å²) in [4.78, 5) is 4.28. The zero-order valence-corrected chi connectivity index (χ0v) is 11.2. The molecular formula is C13H13IN2. The topological polar surface area (TPSA) is 24.9 Å². The lowest BCUT2D eigenvalue weighted by Gasteiger charge is -2.09. The molecule has 0 aliphatic rings. The normalized spacial score (nSPS) is 10.1. The van der Waals surface area contributed by atoms with Crippen LogP contribution in [0.1, 0.15) is 11.3 Å². The van der Waals surface area contributed by atoms with Gasteiger partial charge >= 0.3 is 0 Å². The van der Waals surface area contributed by atoms with Gasteiger partial charge in [0.05, 0.1) is 12.2 Å². The second kappa shape index (κ2) is 5.30. The summed E-state index contributed by atoms with van der Waals surface area (Å²) in [5, 5.41) is 3.39. The van der Waals surface area contributed by atoms with Crippen molar-refractivity contribution in [1.82, 2.24) is 4.98 Å². The lowest BCUT2D eigenvalue weighted by Crippen LogP contribution is -2.02. The van der Waals surface area contributed by atoms with Gasteiger partial charge in [-0.05, 0) is 65.4 Å². The van der Waals surface area contributed by atoms with Crippen LogP contribution in [0.3, 0.4) is 0 Å². The summed E-state index contributed by atoms with van der Waals surface area (Å²) in [5.41, 5.74) is 3.49. The van der Waals surface area contributed by atoms with E-state index in [4.69, 9.17) is 0 Å². The first kappa shape index (κ1) is 11.4. The van der Waals surface area contributed by atoms with E-state index in [0.29, 0.717) is 0 Å². The van der Waals surface area contributed by atoms with Crippen molar-refractivity contribution in [3.8, 4) is 0 Å². The maximum atomic E-state index is 4.28. The fraction of sp³-hybridized carbons (Fsp3) is 0.154. The Bertz CT molecular complexity index is 469. The van der Waals surface area contributed by atoms with Crippen molar-refractivity contribution in [3.63, 3.8) is 0 Å². The van der Waals surface area contributed by atoms with Crippen molar-refractivity contribution in [3.05, 3.63) is 57.4 Å². The second-order valence-corrected chi connectivity index (χ2v) is 4.88. The van der Waals surface area contributed by atoms with Crippen molar-refractivity contribution < 1.29 is 0 Å². The molecule has 0 aliphatic heterocycles. The molecule has 3 heteroatoms. The number of rotatable bonds is 3. The van der Waals surface area contributed by atoms with Crippen molar-refractivity contribution in [2.45, 2.75) is 13.5 Å². The van der Waals surface area contributed by atoms with E-state index in [1.807, 2.05) is 24.4 Å². The van der Waals surface area contributed by atoms with Crippen LogP contribution < -0.4 is 5.32 Å². The molecule has 1 heterocycles. The van der Waals surface area contributed by atoms with Crippen molar-refractivity contribution in [2.75, 3.05) is 5.32 Å². The molecule has 0 radical (unpaired) electrons. The van der Waals surface area contributed by atoms with Gasteiger partial charge in [0.15, 0.2) is 0 Å². The Morgan fingerprint density at radius 2 is 2.12 bits per heavy atom. The lowest BCUT2D eigenvalue weighted by atomic mass is 10.2. The number of hydrogen-bond donors (Lipinski definition) is 1. The van der Waals surface area contributed by atoms with E-state index in [0.717, 1.165) is 12.2 Å². The van der Waals surface area contributed by atoms with Crippen LogP contribution >= 0.6 is 22.6 Å². The molecule has 16 heavy (non-hydrogen) atoms. The van der Waals surface area contributed by atoms with Crippen LogP contribution in [-0.4, -0.2) is 4.98 Å². The van der Waals surface area contributed by atoms with Gasteiger partial charge in [0.1, 0.15) is 0 Å². The number of hydrogen-bond acceptors (Lipinski definition) is 2. The number of aromatic nitrogens is 1. The van der Waals surface area contributed by atoms with Crippen molar-refractivity contribution in [1.29, 1.82) is 0 Å². The first-order valence-electron chi connectivity index (χ1n) is 5.15. The average Bonchev–Trinajstić information content (AvgIpc) is 2.29. The molecule has 1 N–H and O–H groups in total. The minimum absolute atomic E-state index is 0.766. The molecule has 2 nitrogen and oxygen atoms in total. The third-order valence-corrected chi connectivity index (χ3v) is 3.05. The second-order valence-electron chi connectivity index (χ2n) is 3.63. The van der Waals surface area contributed by atoms with Gasteiger partial charge in [0, 0.05) is 15.5 Å². The van der Waals surface area contributed by atoms with Gasteiger partial charge in [0.25, 0.3) is 0 Å². The van der Waals surface area contributed by atoms with Crippen molar-refractivity contribution >= 4 is 28.3 Å². The third kappa shape index (κ3) is 2.95. The van der Waals surface area contributed by atoms with Crippen LogP contribution in [0.4, 0.5) is 5.69 Å². The highest BCUT2D eigenvalue weighted by Crippen LogP contribution is 2.18. The van der Waals surface area contributed by atoms with E-state index in [1.165, 1.54) is 14.8 Å². The molecule has 0 unspecified atom stereocenters. The molecule has 2 rings (SSSR count). The highest BCUT2D eigenvalue weighted by Gasteiger charge is 1.98. The van der Waals surface area contributed by atoms with Gasteiger partial charge < -0.3 is 5.32 Å². The van der Waals surface area contributed by atoms with Gasteiger partial charge in [-0.25, -0.2) is 0 Å². The quantitative estimate of drug-likeness (QED) is 0.873. The molecule has 1 aromatic carbocycles. The molecule has 0 saturated carbocycles. The monoisotopic (exact) mass is 324 g/mol. The Kier molecular flexibility index (Phi) is 3.77. The van der Waals surface area contributed by atoms with Crippen LogP contribution in [0.2, 0.25) is 0 Å². The van der Waals surface area contributed by atoms with Gasteiger partial charge in [-0.2, -0.15) is 0 Å². The molecule has 0 fully saturated rings. The van der Waals surface area contributed by atoms with Crippen LogP contribution in [-0.2, 0) is 6.54 Å². The van der Waals surface area contributed by atoms with Gasteiger partial charge in [-0.3, -0.25) is 4.98 Å². The largest absolute Gasteiger partial charge is 0.379 e. The number of halogens is 1. The fourth-order valence-electron chi connectivity index (χ4n) is 1.51. The molecule has 1 aromatic heterocycles. The lowest BCUT2D eigenvalue weighted by molar-refractivity contribution is 1.04. The maximum absolute atomic E-state index is 4.28. The standard InChI is InChI=1S/C13H13IN2/c1-10-8-11(14)5-6-13(10)16-9-12-4-2-3-7-15-12/h2-8,16H,9H2,1H3. The van der Waals surface area contributed by atoms with Crippen molar-refractivity contribution in [2.24, 2.45) is 0 Å². The summed E-state index contributed by atoms with van der Waals surface area (Å²) in [5.74, 6) is 0. The van der Waals surface area contributed by atoms with E-state index in [1.54, 1.807) is 0 Å².